The minimum Gasteiger partial charge on any atom is -0.504 e. The number of ether oxygens (including phenoxy) is 1. The fraction of sp³-hybridized carbons (Fsp3) is 0.0625. The standard InChI is InChI=1S/C16H14N4O2S/c1-22-13-8-11(5-6-12(13)21)9-18-16-20-15(10-23-16)19-14-4-2-3-7-17-14/h2-10,21H,1H3,(H,17,19)/b18-9+. The fourth-order valence-electron chi connectivity index (χ4n) is 1.85. The molecule has 3 aromatic rings. The molecule has 1 aromatic carbocycles. The van der Waals surface area contributed by atoms with Gasteiger partial charge in [0.15, 0.2) is 11.5 Å². The van der Waals surface area contributed by atoms with Gasteiger partial charge in [-0.15, -0.1) is 11.3 Å². The predicted octanol–water partition coefficient (Wildman–Crippen LogP) is 3.75. The molecular formula is C16H14N4O2S. The van der Waals surface area contributed by atoms with Crippen molar-refractivity contribution in [3.63, 3.8) is 0 Å². The second kappa shape index (κ2) is 6.89. The summed E-state index contributed by atoms with van der Waals surface area (Å²) >= 11 is 1.42. The molecule has 2 aromatic heterocycles. The van der Waals surface area contributed by atoms with Gasteiger partial charge in [0.05, 0.1) is 7.11 Å². The second-order valence-electron chi connectivity index (χ2n) is 4.54. The largest absolute Gasteiger partial charge is 0.504 e. The molecule has 0 aliphatic heterocycles. The number of pyridine rings is 1. The molecule has 0 aliphatic carbocycles. The molecule has 0 atom stereocenters. The van der Waals surface area contributed by atoms with Gasteiger partial charge in [-0.1, -0.05) is 6.07 Å². The Morgan fingerprint density at radius 2 is 2.17 bits per heavy atom. The molecule has 7 heteroatoms. The van der Waals surface area contributed by atoms with Gasteiger partial charge in [-0.05, 0) is 35.9 Å². The monoisotopic (exact) mass is 326 g/mol. The van der Waals surface area contributed by atoms with Crippen LogP contribution in [0.15, 0.2) is 53.0 Å². The molecule has 3 rings (SSSR count). The molecule has 0 fully saturated rings. The first-order valence-electron chi connectivity index (χ1n) is 6.79. The number of anilines is 2. The second-order valence-corrected chi connectivity index (χ2v) is 5.38. The SMILES string of the molecule is COc1cc(/C=N/c2nc(Nc3ccccn3)cs2)ccc1O. The summed E-state index contributed by atoms with van der Waals surface area (Å²) in [5.74, 6) is 1.94. The number of aromatic nitrogens is 2. The fourth-order valence-corrected chi connectivity index (χ4v) is 2.45. The van der Waals surface area contributed by atoms with Crippen LogP contribution in [0, 0.1) is 0 Å². The Morgan fingerprint density at radius 3 is 2.96 bits per heavy atom. The van der Waals surface area contributed by atoms with E-state index in [1.54, 1.807) is 30.6 Å². The highest BCUT2D eigenvalue weighted by molar-refractivity contribution is 7.13. The molecule has 0 bridgehead atoms. The first-order valence-corrected chi connectivity index (χ1v) is 7.67. The van der Waals surface area contributed by atoms with Crippen molar-refractivity contribution in [3.8, 4) is 11.5 Å². The number of nitrogens with zero attached hydrogens (tertiary/aromatic N) is 3. The molecule has 2 N–H and O–H groups in total. The minimum absolute atomic E-state index is 0.0979. The van der Waals surface area contributed by atoms with Gasteiger partial charge in [0.25, 0.3) is 0 Å². The summed E-state index contributed by atoms with van der Waals surface area (Å²) in [7, 11) is 1.51. The third kappa shape index (κ3) is 3.83. The summed E-state index contributed by atoms with van der Waals surface area (Å²) in [6.45, 7) is 0. The van der Waals surface area contributed by atoms with Crippen molar-refractivity contribution in [1.29, 1.82) is 0 Å². The van der Waals surface area contributed by atoms with Crippen LogP contribution in [0.1, 0.15) is 5.56 Å². The van der Waals surface area contributed by atoms with Crippen LogP contribution in [0.25, 0.3) is 0 Å². The number of hydrogen-bond acceptors (Lipinski definition) is 7. The Morgan fingerprint density at radius 1 is 1.26 bits per heavy atom. The van der Waals surface area contributed by atoms with Gasteiger partial charge in [-0.25, -0.2) is 15.0 Å². The number of benzene rings is 1. The van der Waals surface area contributed by atoms with Gasteiger partial charge in [0.1, 0.15) is 11.6 Å². The topological polar surface area (TPSA) is 79.6 Å². The van der Waals surface area contributed by atoms with Crippen LogP contribution in [-0.4, -0.2) is 28.4 Å². The van der Waals surface area contributed by atoms with Gasteiger partial charge in [0, 0.05) is 17.8 Å². The lowest BCUT2D eigenvalue weighted by Gasteiger charge is -2.02. The number of aliphatic imine (C=N–C) groups is 1. The maximum absolute atomic E-state index is 9.57. The van der Waals surface area contributed by atoms with Crippen LogP contribution in [0.5, 0.6) is 11.5 Å². The molecule has 0 saturated carbocycles. The van der Waals surface area contributed by atoms with E-state index in [9.17, 15) is 5.11 Å². The number of methoxy groups -OCH3 is 1. The number of phenolic OH excluding ortho intramolecular Hbond substituents is 1. The zero-order valence-electron chi connectivity index (χ0n) is 12.3. The van der Waals surface area contributed by atoms with Gasteiger partial charge in [0.2, 0.25) is 5.13 Å². The van der Waals surface area contributed by atoms with Crippen molar-refractivity contribution in [2.24, 2.45) is 4.99 Å². The Kier molecular flexibility index (Phi) is 4.49. The van der Waals surface area contributed by atoms with Crippen LogP contribution in [0.2, 0.25) is 0 Å². The Hall–Kier alpha value is -2.93. The quantitative estimate of drug-likeness (QED) is 0.698. The minimum atomic E-state index is 0.0979. The average molecular weight is 326 g/mol. The Labute approximate surface area is 137 Å². The van der Waals surface area contributed by atoms with Crippen LogP contribution in [-0.2, 0) is 0 Å². The summed E-state index contributed by atoms with van der Waals surface area (Å²) in [6.07, 6.45) is 3.39. The molecule has 0 aliphatic rings. The molecule has 0 unspecified atom stereocenters. The maximum atomic E-state index is 9.57. The van der Waals surface area contributed by atoms with Gasteiger partial charge >= 0.3 is 0 Å². The molecular weight excluding hydrogens is 312 g/mol. The molecule has 0 spiro atoms. The molecule has 0 amide bonds. The molecule has 116 valence electrons. The van der Waals surface area contributed by atoms with Gasteiger partial charge < -0.3 is 15.2 Å². The first-order chi connectivity index (χ1) is 11.2. The summed E-state index contributed by atoms with van der Waals surface area (Å²) in [5, 5.41) is 15.2. The van der Waals surface area contributed by atoms with E-state index < -0.39 is 0 Å². The van der Waals surface area contributed by atoms with Crippen molar-refractivity contribution in [2.75, 3.05) is 12.4 Å². The lowest BCUT2D eigenvalue weighted by Crippen LogP contribution is -1.91. The maximum Gasteiger partial charge on any atom is 0.211 e. The van der Waals surface area contributed by atoms with Crippen LogP contribution >= 0.6 is 11.3 Å². The lowest BCUT2D eigenvalue weighted by atomic mass is 10.2. The summed E-state index contributed by atoms with van der Waals surface area (Å²) in [5.41, 5.74) is 0.814. The van der Waals surface area contributed by atoms with E-state index in [0.29, 0.717) is 16.7 Å². The van der Waals surface area contributed by atoms with Crippen molar-refractivity contribution in [3.05, 3.63) is 53.5 Å². The summed E-state index contributed by atoms with van der Waals surface area (Å²) in [4.78, 5) is 12.9. The van der Waals surface area contributed by atoms with Crippen molar-refractivity contribution < 1.29 is 9.84 Å². The third-order valence-corrected chi connectivity index (χ3v) is 3.69. The van der Waals surface area contributed by atoms with E-state index in [1.165, 1.54) is 18.4 Å². The molecule has 6 nitrogen and oxygen atoms in total. The number of nitrogens with one attached hydrogen (secondary N) is 1. The van der Waals surface area contributed by atoms with Gasteiger partial charge in [-0.2, -0.15) is 0 Å². The zero-order chi connectivity index (χ0) is 16.1. The normalized spacial score (nSPS) is 10.8. The van der Waals surface area contributed by atoms with E-state index >= 15 is 0 Å². The smallest absolute Gasteiger partial charge is 0.211 e. The molecule has 0 saturated heterocycles. The van der Waals surface area contributed by atoms with Gasteiger partial charge in [-0.3, -0.25) is 0 Å². The summed E-state index contributed by atoms with van der Waals surface area (Å²) < 4.78 is 5.07. The average Bonchev–Trinajstić information content (AvgIpc) is 3.02. The highest BCUT2D eigenvalue weighted by Gasteiger charge is 2.03. The first kappa shape index (κ1) is 15.0. The van der Waals surface area contributed by atoms with Crippen LogP contribution < -0.4 is 10.1 Å². The molecule has 2 heterocycles. The van der Waals surface area contributed by atoms with E-state index in [0.717, 1.165) is 11.4 Å². The number of phenols is 1. The Balaban J connectivity index is 1.71. The highest BCUT2D eigenvalue weighted by Crippen LogP contribution is 2.27. The predicted molar refractivity (Wildman–Crippen MR) is 91.5 cm³/mol. The molecule has 23 heavy (non-hydrogen) atoms. The van der Waals surface area contributed by atoms with E-state index in [-0.39, 0.29) is 5.75 Å². The summed E-state index contributed by atoms with van der Waals surface area (Å²) in [6, 6.07) is 10.6. The van der Waals surface area contributed by atoms with Crippen molar-refractivity contribution in [1.82, 2.24) is 9.97 Å². The van der Waals surface area contributed by atoms with Crippen molar-refractivity contribution in [2.45, 2.75) is 0 Å². The van der Waals surface area contributed by atoms with E-state index in [4.69, 9.17) is 4.74 Å². The highest BCUT2D eigenvalue weighted by atomic mass is 32.1. The van der Waals surface area contributed by atoms with E-state index in [2.05, 4.69) is 20.3 Å². The number of rotatable bonds is 5. The zero-order valence-corrected chi connectivity index (χ0v) is 13.1. The van der Waals surface area contributed by atoms with Crippen LogP contribution in [0.4, 0.5) is 16.8 Å². The number of hydrogen-bond donors (Lipinski definition) is 2. The number of thiazole rings is 1. The Bertz CT molecular complexity index is 818. The van der Waals surface area contributed by atoms with E-state index in [1.807, 2.05) is 23.6 Å². The molecule has 0 radical (unpaired) electrons. The van der Waals surface area contributed by atoms with Crippen molar-refractivity contribution >= 4 is 34.3 Å². The third-order valence-electron chi connectivity index (χ3n) is 2.94. The van der Waals surface area contributed by atoms with Crippen LogP contribution in [0.3, 0.4) is 0 Å². The number of aromatic hydroxyl groups is 1. The lowest BCUT2D eigenvalue weighted by molar-refractivity contribution is 0.373.